The lowest BCUT2D eigenvalue weighted by Gasteiger charge is -2.13. The minimum atomic E-state index is 1.32. The summed E-state index contributed by atoms with van der Waals surface area (Å²) in [5.41, 5.74) is 6.66. The average Bonchev–Trinajstić information content (AvgIpc) is 2.32. The quantitative estimate of drug-likeness (QED) is 0.613. The third kappa shape index (κ3) is 3.20. The lowest BCUT2D eigenvalue weighted by molar-refractivity contribution is 1.34. The van der Waals surface area contributed by atoms with Crippen LogP contribution in [-0.2, 0) is 0 Å². The zero-order valence-corrected chi connectivity index (χ0v) is 11.5. The topological polar surface area (TPSA) is 0 Å². The minimum Gasteiger partial charge on any atom is -0.0874 e. The van der Waals surface area contributed by atoms with Gasteiger partial charge in [-0.1, -0.05) is 42.5 Å². The van der Waals surface area contributed by atoms with E-state index in [0.717, 1.165) is 0 Å². The van der Waals surface area contributed by atoms with Crippen LogP contribution in [0.2, 0.25) is 0 Å². The summed E-state index contributed by atoms with van der Waals surface area (Å²) in [6.07, 6.45) is 6.45. The van der Waals surface area contributed by atoms with E-state index in [1.165, 1.54) is 27.8 Å². The Hall–Kier alpha value is -1.56. The Morgan fingerprint density at radius 2 is 1.71 bits per heavy atom. The van der Waals surface area contributed by atoms with Gasteiger partial charge in [-0.25, -0.2) is 0 Å². The molecule has 0 aliphatic rings. The summed E-state index contributed by atoms with van der Waals surface area (Å²) >= 11 is 0. The van der Waals surface area contributed by atoms with Crippen molar-refractivity contribution < 1.29 is 0 Å². The molecule has 0 amide bonds. The molecule has 0 bridgehead atoms. The molecular formula is C17H22. The minimum absolute atomic E-state index is 1.32. The molecule has 1 aromatic carbocycles. The molecule has 0 fully saturated rings. The van der Waals surface area contributed by atoms with Gasteiger partial charge in [0.05, 0.1) is 0 Å². The first-order valence-electron chi connectivity index (χ1n) is 6.14. The van der Waals surface area contributed by atoms with Crippen molar-refractivity contribution in [2.24, 2.45) is 0 Å². The summed E-state index contributed by atoms with van der Waals surface area (Å²) in [4.78, 5) is 0. The molecule has 0 aliphatic heterocycles. The van der Waals surface area contributed by atoms with E-state index in [0.29, 0.717) is 0 Å². The van der Waals surface area contributed by atoms with Crippen molar-refractivity contribution in [2.45, 2.75) is 34.6 Å². The summed E-state index contributed by atoms with van der Waals surface area (Å²) in [7, 11) is 0. The molecule has 1 rings (SSSR count). The first kappa shape index (κ1) is 13.5. The van der Waals surface area contributed by atoms with Crippen LogP contribution in [0.4, 0.5) is 0 Å². The molecule has 0 heterocycles. The van der Waals surface area contributed by atoms with Gasteiger partial charge in [-0.15, -0.1) is 0 Å². The van der Waals surface area contributed by atoms with Gasteiger partial charge in [0.25, 0.3) is 0 Å². The normalized spacial score (nSPS) is 14.1. The Morgan fingerprint density at radius 1 is 1.06 bits per heavy atom. The summed E-state index contributed by atoms with van der Waals surface area (Å²) in [5.74, 6) is 0. The standard InChI is InChI=1S/C17H22/c1-6-10-13(3)15(5)16(7-2)17-12-9-8-11-14(17)4/h6-12H,1-5H3/b10-6-,15-13-,16-7+. The van der Waals surface area contributed by atoms with Crippen LogP contribution < -0.4 is 0 Å². The van der Waals surface area contributed by atoms with Crippen LogP contribution in [0.5, 0.6) is 0 Å². The molecule has 0 saturated heterocycles. The van der Waals surface area contributed by atoms with E-state index in [4.69, 9.17) is 0 Å². The lowest BCUT2D eigenvalue weighted by atomic mass is 9.92. The molecule has 0 radical (unpaired) electrons. The predicted octanol–water partition coefficient (Wildman–Crippen LogP) is 5.31. The van der Waals surface area contributed by atoms with Gasteiger partial charge in [0, 0.05) is 0 Å². The van der Waals surface area contributed by atoms with Crippen LogP contribution in [0, 0.1) is 6.92 Å². The molecule has 0 spiro atoms. The number of aryl methyl sites for hydroxylation is 1. The molecule has 1 aromatic rings. The van der Waals surface area contributed by atoms with Crippen LogP contribution in [0.1, 0.15) is 38.8 Å². The zero-order chi connectivity index (χ0) is 12.8. The van der Waals surface area contributed by atoms with Crippen molar-refractivity contribution in [3.63, 3.8) is 0 Å². The van der Waals surface area contributed by atoms with Gasteiger partial charge in [0.2, 0.25) is 0 Å². The van der Waals surface area contributed by atoms with E-state index < -0.39 is 0 Å². The van der Waals surface area contributed by atoms with Crippen molar-refractivity contribution in [2.75, 3.05) is 0 Å². The molecule has 0 nitrogen and oxygen atoms in total. The van der Waals surface area contributed by atoms with Crippen LogP contribution in [-0.4, -0.2) is 0 Å². The average molecular weight is 226 g/mol. The van der Waals surface area contributed by atoms with E-state index >= 15 is 0 Å². The molecule has 90 valence electrons. The van der Waals surface area contributed by atoms with Gasteiger partial charge in [-0.3, -0.25) is 0 Å². The largest absolute Gasteiger partial charge is 0.0874 e. The molecule has 0 unspecified atom stereocenters. The summed E-state index contributed by atoms with van der Waals surface area (Å²) in [5, 5.41) is 0. The fourth-order valence-corrected chi connectivity index (χ4v) is 2.04. The molecule has 17 heavy (non-hydrogen) atoms. The Morgan fingerprint density at radius 3 is 2.24 bits per heavy atom. The Bertz CT molecular complexity index is 471. The van der Waals surface area contributed by atoms with Crippen molar-refractivity contribution in [3.8, 4) is 0 Å². The van der Waals surface area contributed by atoms with Crippen LogP contribution in [0.25, 0.3) is 5.57 Å². The summed E-state index contributed by atoms with van der Waals surface area (Å²) in [6, 6.07) is 8.54. The van der Waals surface area contributed by atoms with Gasteiger partial charge in [-0.05, 0) is 62.5 Å². The summed E-state index contributed by atoms with van der Waals surface area (Å²) < 4.78 is 0. The maximum atomic E-state index is 2.20. The lowest BCUT2D eigenvalue weighted by Crippen LogP contribution is -1.92. The summed E-state index contributed by atoms with van der Waals surface area (Å²) in [6.45, 7) is 10.7. The highest BCUT2D eigenvalue weighted by Gasteiger charge is 2.06. The highest BCUT2D eigenvalue weighted by Crippen LogP contribution is 2.27. The van der Waals surface area contributed by atoms with Crippen LogP contribution in [0.15, 0.2) is 53.6 Å². The molecule has 0 saturated carbocycles. The molecular weight excluding hydrogens is 204 g/mol. The van der Waals surface area contributed by atoms with Gasteiger partial charge in [-0.2, -0.15) is 0 Å². The SMILES string of the molecule is C\C=C/C(C)=C(C)\C(=C/C)c1ccccc1C. The second-order valence-electron chi connectivity index (χ2n) is 4.33. The Labute approximate surface area is 105 Å². The van der Waals surface area contributed by atoms with Crippen molar-refractivity contribution in [1.29, 1.82) is 0 Å². The van der Waals surface area contributed by atoms with Crippen molar-refractivity contribution in [3.05, 3.63) is 64.8 Å². The predicted molar refractivity (Wildman–Crippen MR) is 78.0 cm³/mol. The maximum Gasteiger partial charge on any atom is -0.0155 e. The van der Waals surface area contributed by atoms with E-state index in [9.17, 15) is 0 Å². The maximum absolute atomic E-state index is 2.20. The Kier molecular flexibility index (Phi) is 4.96. The van der Waals surface area contributed by atoms with Gasteiger partial charge < -0.3 is 0 Å². The molecule has 0 N–H and O–H groups in total. The zero-order valence-electron chi connectivity index (χ0n) is 11.5. The molecule has 0 aromatic heterocycles. The number of rotatable bonds is 3. The molecule has 0 heteroatoms. The van der Waals surface area contributed by atoms with Crippen LogP contribution >= 0.6 is 0 Å². The number of benzene rings is 1. The molecule has 0 atom stereocenters. The van der Waals surface area contributed by atoms with Crippen LogP contribution in [0.3, 0.4) is 0 Å². The smallest absolute Gasteiger partial charge is 0.0155 e. The van der Waals surface area contributed by atoms with Gasteiger partial charge in [0.15, 0.2) is 0 Å². The van der Waals surface area contributed by atoms with Gasteiger partial charge in [0.1, 0.15) is 0 Å². The molecule has 0 aliphatic carbocycles. The monoisotopic (exact) mass is 226 g/mol. The van der Waals surface area contributed by atoms with E-state index in [1.807, 2.05) is 0 Å². The van der Waals surface area contributed by atoms with E-state index in [1.54, 1.807) is 0 Å². The number of hydrogen-bond donors (Lipinski definition) is 0. The van der Waals surface area contributed by atoms with Crippen molar-refractivity contribution >= 4 is 5.57 Å². The first-order chi connectivity index (χ1) is 8.11. The fourth-order valence-electron chi connectivity index (χ4n) is 2.04. The second-order valence-corrected chi connectivity index (χ2v) is 4.33. The van der Waals surface area contributed by atoms with Gasteiger partial charge >= 0.3 is 0 Å². The van der Waals surface area contributed by atoms with E-state index in [2.05, 4.69) is 77.1 Å². The highest BCUT2D eigenvalue weighted by atomic mass is 14.1. The third-order valence-electron chi connectivity index (χ3n) is 3.14. The fraction of sp³-hybridized carbons (Fsp3) is 0.294. The van der Waals surface area contributed by atoms with E-state index in [-0.39, 0.29) is 0 Å². The first-order valence-corrected chi connectivity index (χ1v) is 6.14. The highest BCUT2D eigenvalue weighted by molar-refractivity contribution is 5.81. The van der Waals surface area contributed by atoms with Crippen molar-refractivity contribution in [1.82, 2.24) is 0 Å². The number of allylic oxidation sites excluding steroid dienone is 6. The second kappa shape index (κ2) is 6.24. The third-order valence-corrected chi connectivity index (χ3v) is 3.14. The Balaban J connectivity index is 3.28. The number of hydrogen-bond acceptors (Lipinski definition) is 0.